The number of rotatable bonds is 6. The first-order valence-electron chi connectivity index (χ1n) is 7.51. The summed E-state index contributed by atoms with van der Waals surface area (Å²) in [6.07, 6.45) is -4.22. The van der Waals surface area contributed by atoms with Gasteiger partial charge in [0.05, 0.1) is 11.7 Å². The van der Waals surface area contributed by atoms with E-state index in [0.717, 1.165) is 17.8 Å². The fourth-order valence-electron chi connectivity index (χ4n) is 2.39. The maximum atomic E-state index is 12.6. The number of sulfonamides is 1. The first-order chi connectivity index (χ1) is 12.2. The molecule has 0 saturated heterocycles. The Morgan fingerprint density at radius 1 is 1.27 bits per heavy atom. The van der Waals surface area contributed by atoms with Crippen LogP contribution in [0.25, 0.3) is 11.0 Å². The molecular formula is C14H14F3N5O2S2. The van der Waals surface area contributed by atoms with Crippen LogP contribution in [-0.4, -0.2) is 33.5 Å². The summed E-state index contributed by atoms with van der Waals surface area (Å²) in [4.78, 5) is 0.0263. The van der Waals surface area contributed by atoms with Gasteiger partial charge in [0.25, 0.3) is 0 Å². The quantitative estimate of drug-likeness (QED) is 0.637. The number of aromatic nitrogens is 4. The summed E-state index contributed by atoms with van der Waals surface area (Å²) < 4.78 is 74.4. The largest absolute Gasteiger partial charge is 0.435 e. The van der Waals surface area contributed by atoms with Crippen molar-refractivity contribution in [3.05, 3.63) is 35.7 Å². The number of halogens is 3. The predicted molar refractivity (Wildman–Crippen MR) is 89.2 cm³/mol. The summed E-state index contributed by atoms with van der Waals surface area (Å²) in [6.45, 7) is 1.73. The molecule has 2 aromatic heterocycles. The molecule has 12 heteroatoms. The van der Waals surface area contributed by atoms with E-state index in [1.807, 2.05) is 0 Å². The van der Waals surface area contributed by atoms with Crippen molar-refractivity contribution >= 4 is 32.8 Å². The molecule has 0 spiro atoms. The minimum absolute atomic E-state index is 0.0263. The topological polar surface area (TPSA) is 89.8 Å². The third-order valence-electron chi connectivity index (χ3n) is 3.65. The van der Waals surface area contributed by atoms with E-state index in [4.69, 9.17) is 0 Å². The summed E-state index contributed by atoms with van der Waals surface area (Å²) >= 11 is 0.919. The molecule has 2 heterocycles. The number of benzene rings is 1. The molecule has 1 aromatic carbocycles. The SMILES string of the molecule is Cc1cc(C(F)(F)F)nn1CCCNS(=O)(=O)c1cccc2nsnc12. The molecule has 0 aliphatic heterocycles. The van der Waals surface area contributed by atoms with E-state index in [0.29, 0.717) is 16.7 Å². The van der Waals surface area contributed by atoms with Gasteiger partial charge in [-0.25, -0.2) is 13.1 Å². The first-order valence-corrected chi connectivity index (χ1v) is 9.72. The summed E-state index contributed by atoms with van der Waals surface area (Å²) in [5.41, 5.74) is 0.184. The van der Waals surface area contributed by atoms with E-state index in [2.05, 4.69) is 18.6 Å². The highest BCUT2D eigenvalue weighted by atomic mass is 32.2. The third kappa shape index (κ3) is 3.86. The maximum absolute atomic E-state index is 12.6. The normalized spacial score (nSPS) is 12.8. The summed E-state index contributed by atoms with van der Waals surface area (Å²) in [5.74, 6) is 0. The molecule has 0 bridgehead atoms. The van der Waals surface area contributed by atoms with E-state index < -0.39 is 21.9 Å². The molecule has 0 unspecified atom stereocenters. The van der Waals surface area contributed by atoms with Crippen LogP contribution in [0.4, 0.5) is 13.2 Å². The predicted octanol–water partition coefficient (Wildman–Crippen LogP) is 2.58. The van der Waals surface area contributed by atoms with E-state index in [-0.39, 0.29) is 24.4 Å². The number of alkyl halides is 3. The maximum Gasteiger partial charge on any atom is 0.435 e. The van der Waals surface area contributed by atoms with Crippen LogP contribution in [0.15, 0.2) is 29.2 Å². The van der Waals surface area contributed by atoms with E-state index in [9.17, 15) is 21.6 Å². The van der Waals surface area contributed by atoms with Gasteiger partial charge in [-0.1, -0.05) is 6.07 Å². The Balaban J connectivity index is 1.63. The van der Waals surface area contributed by atoms with E-state index in [1.54, 1.807) is 12.1 Å². The molecular weight excluding hydrogens is 391 g/mol. The average Bonchev–Trinajstić information content (AvgIpc) is 3.17. The van der Waals surface area contributed by atoms with Crippen molar-refractivity contribution in [1.29, 1.82) is 0 Å². The molecule has 0 radical (unpaired) electrons. The molecule has 1 N–H and O–H groups in total. The molecule has 3 rings (SSSR count). The number of hydrogen-bond donors (Lipinski definition) is 1. The molecule has 0 saturated carbocycles. The van der Waals surface area contributed by atoms with Gasteiger partial charge in [0.15, 0.2) is 5.69 Å². The Kier molecular flexibility index (Phi) is 4.99. The second kappa shape index (κ2) is 6.93. The van der Waals surface area contributed by atoms with Crippen molar-refractivity contribution < 1.29 is 21.6 Å². The summed E-state index contributed by atoms with van der Waals surface area (Å²) in [6, 6.07) is 5.63. The van der Waals surface area contributed by atoms with Gasteiger partial charge in [0.1, 0.15) is 15.9 Å². The number of nitrogens with zero attached hydrogens (tertiary/aromatic N) is 4. The lowest BCUT2D eigenvalue weighted by Crippen LogP contribution is -2.26. The molecule has 0 aliphatic rings. The smallest absolute Gasteiger partial charge is 0.269 e. The molecule has 3 aromatic rings. The van der Waals surface area contributed by atoms with Crippen molar-refractivity contribution in [2.24, 2.45) is 0 Å². The van der Waals surface area contributed by atoms with E-state index in [1.165, 1.54) is 17.7 Å². The Labute approximate surface area is 151 Å². The fraction of sp³-hybridized carbons (Fsp3) is 0.357. The van der Waals surface area contributed by atoms with Crippen molar-refractivity contribution in [3.63, 3.8) is 0 Å². The van der Waals surface area contributed by atoms with Gasteiger partial charge < -0.3 is 0 Å². The molecule has 0 atom stereocenters. The van der Waals surface area contributed by atoms with Crippen LogP contribution < -0.4 is 4.72 Å². The molecule has 0 fully saturated rings. The van der Waals surface area contributed by atoms with E-state index >= 15 is 0 Å². The standard InChI is InChI=1S/C14H14F3N5O2S2/c1-9-8-12(14(15,16)17)19-22(9)7-3-6-18-26(23,24)11-5-2-4-10-13(11)21-25-20-10/h2,4-5,8,18H,3,6-7H2,1H3. The van der Waals surface area contributed by atoms with Crippen LogP contribution in [-0.2, 0) is 22.7 Å². The number of fused-ring (bicyclic) bond motifs is 1. The zero-order valence-corrected chi connectivity index (χ0v) is 15.1. The number of hydrogen-bond acceptors (Lipinski definition) is 6. The monoisotopic (exact) mass is 405 g/mol. The fourth-order valence-corrected chi connectivity index (χ4v) is 4.22. The van der Waals surface area contributed by atoms with Gasteiger partial charge in [0.2, 0.25) is 10.0 Å². The van der Waals surface area contributed by atoms with Crippen molar-refractivity contribution in [2.45, 2.75) is 31.0 Å². The van der Waals surface area contributed by atoms with Gasteiger partial charge in [-0.15, -0.1) is 0 Å². The molecule has 0 amide bonds. The Bertz CT molecular complexity index is 1030. The van der Waals surface area contributed by atoms with Crippen molar-refractivity contribution in [2.75, 3.05) is 6.54 Å². The minimum Gasteiger partial charge on any atom is -0.269 e. The first kappa shape index (κ1) is 18.7. The third-order valence-corrected chi connectivity index (χ3v) is 5.68. The van der Waals surface area contributed by atoms with Crippen molar-refractivity contribution in [3.8, 4) is 0 Å². The van der Waals surface area contributed by atoms with Crippen LogP contribution in [0.1, 0.15) is 17.8 Å². The minimum atomic E-state index is -4.50. The molecule has 26 heavy (non-hydrogen) atoms. The van der Waals surface area contributed by atoms with Gasteiger partial charge in [-0.2, -0.15) is 27.0 Å². The average molecular weight is 405 g/mol. The van der Waals surface area contributed by atoms with Crippen LogP contribution in [0, 0.1) is 6.92 Å². The molecule has 0 aliphatic carbocycles. The lowest BCUT2D eigenvalue weighted by Gasteiger charge is -2.08. The van der Waals surface area contributed by atoms with Crippen LogP contribution in [0.3, 0.4) is 0 Å². The van der Waals surface area contributed by atoms with Gasteiger partial charge >= 0.3 is 6.18 Å². The lowest BCUT2D eigenvalue weighted by molar-refractivity contribution is -0.141. The highest BCUT2D eigenvalue weighted by Crippen LogP contribution is 2.28. The highest BCUT2D eigenvalue weighted by molar-refractivity contribution is 7.89. The van der Waals surface area contributed by atoms with Gasteiger partial charge in [-0.3, -0.25) is 4.68 Å². The lowest BCUT2D eigenvalue weighted by atomic mass is 10.3. The zero-order valence-electron chi connectivity index (χ0n) is 13.5. The summed E-state index contributed by atoms with van der Waals surface area (Å²) in [5, 5.41) is 3.50. The Morgan fingerprint density at radius 2 is 2.04 bits per heavy atom. The number of aryl methyl sites for hydroxylation is 2. The molecule has 7 nitrogen and oxygen atoms in total. The Morgan fingerprint density at radius 3 is 2.73 bits per heavy atom. The number of nitrogens with one attached hydrogen (secondary N) is 1. The molecule has 140 valence electrons. The second-order valence-electron chi connectivity index (χ2n) is 5.53. The summed E-state index contributed by atoms with van der Waals surface area (Å²) in [7, 11) is -3.79. The van der Waals surface area contributed by atoms with Gasteiger partial charge in [-0.05, 0) is 31.5 Å². The van der Waals surface area contributed by atoms with Gasteiger partial charge in [0, 0.05) is 18.8 Å². The van der Waals surface area contributed by atoms with Crippen LogP contribution in [0.5, 0.6) is 0 Å². The van der Waals surface area contributed by atoms with Crippen LogP contribution in [0.2, 0.25) is 0 Å². The Hall–Kier alpha value is -2.05. The van der Waals surface area contributed by atoms with Crippen LogP contribution >= 0.6 is 11.7 Å². The highest BCUT2D eigenvalue weighted by Gasteiger charge is 2.34. The second-order valence-corrected chi connectivity index (χ2v) is 7.80. The zero-order chi connectivity index (χ0) is 18.9. The van der Waals surface area contributed by atoms with Crippen molar-refractivity contribution in [1.82, 2.24) is 23.2 Å².